The highest BCUT2D eigenvalue weighted by Crippen LogP contribution is 2.69. The van der Waals surface area contributed by atoms with E-state index in [1.165, 1.54) is 23.5 Å². The van der Waals surface area contributed by atoms with Crippen molar-refractivity contribution in [2.24, 2.45) is 4.99 Å². The molecule has 318 valence electrons. The third-order valence-corrected chi connectivity index (χ3v) is 13.8. The van der Waals surface area contributed by atoms with Gasteiger partial charge in [-0.1, -0.05) is 4.31 Å². The summed E-state index contributed by atoms with van der Waals surface area (Å²) >= 11 is 0. The Morgan fingerprint density at radius 1 is 1.15 bits per heavy atom. The number of carbonyl (C=O) groups is 1. The number of aryl methyl sites for hydroxylation is 2. The van der Waals surface area contributed by atoms with Gasteiger partial charge in [-0.2, -0.15) is 14.7 Å². The molecule has 25 heteroatoms. The summed E-state index contributed by atoms with van der Waals surface area (Å²) in [6, 6.07) is 8.25. The van der Waals surface area contributed by atoms with Crippen LogP contribution in [0.5, 0.6) is 11.5 Å². The lowest BCUT2D eigenvalue weighted by Crippen LogP contribution is -2.40. The standard InChI is InChI=1S/C34H41N6O16P3/c1-2-38-10-3-5-20-13-23-28(15-25(20)38)53-29-16-26-21(14-24(29)36-23)6-4-11-39(26)12-8-31(42)35-9-7-22-18-40(34(44)37-33(22)43)32-17-27(41)30(54-32)19-52-58(48,49)56-59(50,51)55-57(45,46)47/h7,9,13-16,18,27,30,32,41H,2-6,8,10-12,17,19H2,1H3,(H5-,35,37,42,43,44,45,46,47,48,49,50,51)/p+1/b9-7+/t27-,30+,32+/m0/s1. The van der Waals surface area contributed by atoms with E-state index in [-0.39, 0.29) is 24.3 Å². The van der Waals surface area contributed by atoms with E-state index in [2.05, 4.69) is 58.0 Å². The maximum atomic E-state index is 12.9. The number of fused-ring (bicyclic) bond motifs is 4. The molecule has 5 heterocycles. The van der Waals surface area contributed by atoms with Gasteiger partial charge in [-0.05, 0) is 50.0 Å². The number of phosphoric acid groups is 3. The number of rotatable bonds is 14. The van der Waals surface area contributed by atoms with Crippen molar-refractivity contribution < 1.29 is 66.4 Å². The van der Waals surface area contributed by atoms with Gasteiger partial charge in [0.15, 0.2) is 18.0 Å². The van der Waals surface area contributed by atoms with Crippen molar-refractivity contribution in [2.45, 2.75) is 63.9 Å². The Bertz CT molecular complexity index is 2450. The van der Waals surface area contributed by atoms with Crippen molar-refractivity contribution in [3.63, 3.8) is 0 Å². The molecule has 2 aromatic carbocycles. The number of phosphoric ester groups is 1. The molecule has 2 unspecified atom stereocenters. The van der Waals surface area contributed by atoms with Crippen LogP contribution in [0, 0.1) is 0 Å². The maximum Gasteiger partial charge on any atom is 0.511 e. The third-order valence-electron chi connectivity index (χ3n) is 10.0. The predicted molar refractivity (Wildman–Crippen MR) is 205 cm³/mol. The molecule has 5 atom stereocenters. The lowest BCUT2D eigenvalue weighted by molar-refractivity contribution is -0.256. The molecule has 1 fully saturated rings. The van der Waals surface area contributed by atoms with Crippen LogP contribution in [-0.4, -0.2) is 85.1 Å². The number of aliphatic hydroxyl groups is 1. The quantitative estimate of drug-likeness (QED) is 0.0580. The van der Waals surface area contributed by atoms with Crippen LogP contribution in [-0.2, 0) is 40.1 Å². The summed E-state index contributed by atoms with van der Waals surface area (Å²) in [6.45, 7) is 4.22. The van der Waals surface area contributed by atoms with Gasteiger partial charge in [-0.3, -0.25) is 23.7 Å². The van der Waals surface area contributed by atoms with Crippen molar-refractivity contribution in [1.29, 1.82) is 0 Å². The summed E-state index contributed by atoms with van der Waals surface area (Å²) in [7, 11) is -16.9. The van der Waals surface area contributed by atoms with E-state index in [9.17, 15) is 43.6 Å². The van der Waals surface area contributed by atoms with Gasteiger partial charge >= 0.3 is 29.9 Å². The van der Waals surface area contributed by atoms with Crippen LogP contribution in [0.2, 0.25) is 0 Å². The number of aromatic amines is 1. The van der Waals surface area contributed by atoms with Gasteiger partial charge in [0.2, 0.25) is 11.3 Å². The number of benzene rings is 2. The van der Waals surface area contributed by atoms with Crippen molar-refractivity contribution in [2.75, 3.05) is 37.7 Å². The Balaban J connectivity index is 0.971. The summed E-state index contributed by atoms with van der Waals surface area (Å²) in [4.78, 5) is 106. The molecule has 0 aliphatic carbocycles. The zero-order valence-corrected chi connectivity index (χ0v) is 34.1. The Kier molecular flexibility index (Phi) is 12.7. The number of anilines is 1. The van der Waals surface area contributed by atoms with Crippen LogP contribution in [0.1, 0.15) is 55.5 Å². The Morgan fingerprint density at radius 2 is 1.93 bits per heavy atom. The minimum atomic E-state index is -5.77. The second-order valence-electron chi connectivity index (χ2n) is 14.1. The van der Waals surface area contributed by atoms with Crippen LogP contribution < -0.4 is 51.3 Å². The molecule has 1 aromatic heterocycles. The minimum absolute atomic E-state index is 0.0793. The molecule has 59 heavy (non-hydrogen) atoms. The summed E-state index contributed by atoms with van der Waals surface area (Å²) in [6.07, 6.45) is 3.18. The molecule has 0 bridgehead atoms. The van der Waals surface area contributed by atoms with E-state index >= 15 is 0 Å². The summed E-state index contributed by atoms with van der Waals surface area (Å²) in [5.41, 5.74) is 2.57. The first kappa shape index (κ1) is 43.3. The zero-order chi connectivity index (χ0) is 42.3. The topological polar surface area (TPSA) is 313 Å². The van der Waals surface area contributed by atoms with Gasteiger partial charge in [0.25, 0.3) is 5.56 Å². The number of nitrogens with one attached hydrogen (secondary N) is 2. The first-order chi connectivity index (χ1) is 27.9. The first-order valence-corrected chi connectivity index (χ1v) is 23.1. The van der Waals surface area contributed by atoms with E-state index in [1.807, 2.05) is 6.07 Å². The molecule has 0 spiro atoms. The van der Waals surface area contributed by atoms with Crippen LogP contribution in [0.25, 0.3) is 6.08 Å². The van der Waals surface area contributed by atoms with Gasteiger partial charge in [-0.15, -0.1) is 0 Å². The number of hydrogen-bond donors (Lipinski definition) is 7. The molecule has 3 aromatic rings. The van der Waals surface area contributed by atoms with Crippen molar-refractivity contribution >= 4 is 47.5 Å². The second kappa shape index (κ2) is 17.3. The van der Waals surface area contributed by atoms with E-state index in [1.54, 1.807) is 0 Å². The fraction of sp³-hybridized carbons (Fsp3) is 0.441. The Hall–Kier alpha value is -3.82. The fourth-order valence-corrected chi connectivity index (χ4v) is 10.4. The lowest BCUT2D eigenvalue weighted by atomic mass is 10.00. The van der Waals surface area contributed by atoms with Crippen molar-refractivity contribution in [1.82, 2.24) is 19.4 Å². The van der Waals surface area contributed by atoms with Crippen LogP contribution in [0.15, 0.2) is 51.2 Å². The summed E-state index contributed by atoms with van der Waals surface area (Å²) in [5.74, 6) is 1.02. The van der Waals surface area contributed by atoms with Crippen LogP contribution in [0.3, 0.4) is 0 Å². The molecule has 4 aliphatic rings. The molecule has 0 radical (unpaired) electrons. The van der Waals surface area contributed by atoms with Gasteiger partial charge < -0.3 is 39.5 Å². The monoisotopic (exact) mass is 883 g/mol. The number of aliphatic hydroxyl groups excluding tert-OH is 1. The van der Waals surface area contributed by atoms with Crippen molar-refractivity contribution in [3.05, 3.63) is 84.9 Å². The predicted octanol–water partition coefficient (Wildman–Crippen LogP) is -1.17. The fourth-order valence-electron chi connectivity index (χ4n) is 7.37. The number of aromatic nitrogens is 2. The highest BCUT2D eigenvalue weighted by atomic mass is 31.3. The van der Waals surface area contributed by atoms with Gasteiger partial charge in [0, 0.05) is 60.0 Å². The number of ether oxygens (including phenoxy) is 2. The molecule has 7 rings (SSSR count). The molecule has 4 aliphatic heterocycles. The van der Waals surface area contributed by atoms with E-state index < -0.39 is 60.5 Å². The Morgan fingerprint density at radius 3 is 2.69 bits per heavy atom. The number of H-pyrrole nitrogens is 1. The average molecular weight is 884 g/mol. The highest BCUT2D eigenvalue weighted by Gasteiger charge is 2.50. The number of nitrogens with zero attached hydrogens (tertiary/aromatic N) is 4. The smallest absolute Gasteiger partial charge is 0.511 e. The van der Waals surface area contributed by atoms with E-state index in [4.69, 9.17) is 24.3 Å². The van der Waals surface area contributed by atoms with Gasteiger partial charge in [0.05, 0.1) is 30.8 Å². The van der Waals surface area contributed by atoms with Gasteiger partial charge in [-0.25, -0.2) is 18.9 Å². The number of hydrogen-bond acceptors (Lipinski definition) is 17. The molecule has 1 amide bonds. The average Bonchev–Trinajstić information content (AvgIpc) is 3.52. The molecular formula is C34H42N6O16P3+. The van der Waals surface area contributed by atoms with E-state index in [0.717, 1.165) is 78.0 Å². The number of amides is 1. The second-order valence-corrected chi connectivity index (χ2v) is 18.5. The molecule has 22 nitrogen and oxygen atoms in total. The van der Waals surface area contributed by atoms with E-state index in [0.29, 0.717) is 18.0 Å². The summed E-state index contributed by atoms with van der Waals surface area (Å²) in [5, 5.41) is 14.8. The minimum Gasteiger partial charge on any atom is -0.603 e. The molecular weight excluding hydrogens is 841 g/mol. The molecule has 0 saturated carbocycles. The third kappa shape index (κ3) is 10.4. The Labute approximate surface area is 335 Å². The number of carbonyl (C=O) groups excluding carboxylic acids is 1. The van der Waals surface area contributed by atoms with Crippen molar-refractivity contribution in [3.8, 4) is 11.5 Å². The van der Waals surface area contributed by atoms with Crippen LogP contribution >= 0.6 is 24.2 Å². The molecule has 1 saturated heterocycles. The largest absolute Gasteiger partial charge is 0.603 e. The van der Waals surface area contributed by atoms with Crippen LogP contribution in [0.4, 0.5) is 11.4 Å². The lowest BCUT2D eigenvalue weighted by Gasteiger charge is -2.31. The molecule has 7 N–H and O–H groups in total. The van der Waals surface area contributed by atoms with Gasteiger partial charge in [0.1, 0.15) is 29.9 Å². The summed E-state index contributed by atoms with van der Waals surface area (Å²) < 4.78 is 38.9. The highest BCUT2D eigenvalue weighted by molar-refractivity contribution is 7.70. The zero-order valence-electron chi connectivity index (χ0n) is 31.4. The maximum absolute atomic E-state index is 12.9. The first-order valence-electron chi connectivity index (χ1n) is 18.5. The SMILES string of the molecule is CCN1CCCc2cc3c(cc21)Oc1cc2c(cc1=N3)CCC[N+]=2CCC(=O)N/C=C/c1cn([C@H]2C[C@H](O)[C@@H](COP(=O)(O)O[P+]([O-])(O)O[P+]([O-])(O)O)O2)c(=O)[nH]c1=O. The normalized spacial score (nSPS) is 22.0.